The Bertz CT molecular complexity index is 1020. The molecule has 0 aliphatic carbocycles. The lowest BCUT2D eigenvalue weighted by Gasteiger charge is -2.15. The van der Waals surface area contributed by atoms with Gasteiger partial charge >= 0.3 is 0 Å². The predicted molar refractivity (Wildman–Crippen MR) is 107 cm³/mol. The molecule has 1 atom stereocenters. The molecule has 0 aliphatic heterocycles. The number of thioether (sulfide) groups is 1. The van der Waals surface area contributed by atoms with Crippen molar-refractivity contribution < 1.29 is 4.79 Å². The van der Waals surface area contributed by atoms with Gasteiger partial charge in [0.15, 0.2) is 5.16 Å². The minimum atomic E-state index is -0.431. The molecule has 1 N–H and O–H groups in total. The minimum Gasteiger partial charge on any atom is -0.325 e. The topological polar surface area (TPSA) is 64.0 Å². The molecule has 0 bridgehead atoms. The lowest BCUT2D eigenvalue weighted by Crippen LogP contribution is -2.26. The molecule has 3 rings (SSSR count). The van der Waals surface area contributed by atoms with E-state index in [2.05, 4.69) is 10.3 Å². The Labute approximate surface area is 160 Å². The lowest BCUT2D eigenvalue weighted by molar-refractivity contribution is -0.115. The van der Waals surface area contributed by atoms with Gasteiger partial charge in [-0.1, -0.05) is 41.6 Å². The molecule has 0 aliphatic rings. The molecule has 7 heteroatoms. The van der Waals surface area contributed by atoms with Crippen LogP contribution in [0.4, 0.5) is 5.69 Å². The number of fused-ring (bicyclic) bond motifs is 1. The van der Waals surface area contributed by atoms with E-state index in [1.54, 1.807) is 47.9 Å². The highest BCUT2D eigenvalue weighted by molar-refractivity contribution is 8.00. The number of aromatic nitrogens is 2. The van der Waals surface area contributed by atoms with Gasteiger partial charge in [0.1, 0.15) is 0 Å². The SMILES string of the molecule is CCn1c(S[C@H](C)C(=O)Nc2cccc(Cl)c2)nc2ccccc2c1=O. The Morgan fingerprint density at radius 3 is 2.77 bits per heavy atom. The second-order valence-electron chi connectivity index (χ2n) is 5.72. The molecule has 1 amide bonds. The van der Waals surface area contributed by atoms with Gasteiger partial charge in [-0.15, -0.1) is 0 Å². The highest BCUT2D eigenvalue weighted by Crippen LogP contribution is 2.24. The first kappa shape index (κ1) is 18.5. The van der Waals surface area contributed by atoms with E-state index in [0.29, 0.717) is 33.3 Å². The molecular formula is C19H18ClN3O2S. The number of halogens is 1. The average molecular weight is 388 g/mol. The van der Waals surface area contributed by atoms with Gasteiger partial charge in [0.2, 0.25) is 5.91 Å². The molecule has 0 saturated carbocycles. The van der Waals surface area contributed by atoms with Crippen molar-refractivity contribution >= 4 is 45.9 Å². The Kier molecular flexibility index (Phi) is 5.64. The molecular weight excluding hydrogens is 370 g/mol. The molecule has 0 fully saturated rings. The maximum atomic E-state index is 12.7. The van der Waals surface area contributed by atoms with Crippen LogP contribution in [0.1, 0.15) is 13.8 Å². The maximum Gasteiger partial charge on any atom is 0.262 e. The van der Waals surface area contributed by atoms with Crippen molar-refractivity contribution in [2.75, 3.05) is 5.32 Å². The van der Waals surface area contributed by atoms with Crippen molar-refractivity contribution in [1.82, 2.24) is 9.55 Å². The monoisotopic (exact) mass is 387 g/mol. The second-order valence-corrected chi connectivity index (χ2v) is 7.47. The summed E-state index contributed by atoms with van der Waals surface area (Å²) in [5, 5.41) is 4.07. The van der Waals surface area contributed by atoms with E-state index >= 15 is 0 Å². The molecule has 0 spiro atoms. The second kappa shape index (κ2) is 7.93. The van der Waals surface area contributed by atoms with E-state index in [9.17, 15) is 9.59 Å². The van der Waals surface area contributed by atoms with Crippen LogP contribution in [0.2, 0.25) is 5.02 Å². The largest absolute Gasteiger partial charge is 0.325 e. The number of hydrogen-bond acceptors (Lipinski definition) is 4. The molecule has 5 nitrogen and oxygen atoms in total. The highest BCUT2D eigenvalue weighted by Gasteiger charge is 2.19. The highest BCUT2D eigenvalue weighted by atomic mass is 35.5. The van der Waals surface area contributed by atoms with Gasteiger partial charge in [0, 0.05) is 17.3 Å². The zero-order valence-electron chi connectivity index (χ0n) is 14.4. The number of nitrogens with one attached hydrogen (secondary N) is 1. The number of para-hydroxylation sites is 1. The van der Waals surface area contributed by atoms with Crippen molar-refractivity contribution in [3.63, 3.8) is 0 Å². The van der Waals surface area contributed by atoms with Crippen LogP contribution in [-0.4, -0.2) is 20.7 Å². The summed E-state index contributed by atoms with van der Waals surface area (Å²) in [5.41, 5.74) is 1.17. The number of rotatable bonds is 5. The van der Waals surface area contributed by atoms with Crippen LogP contribution in [0.25, 0.3) is 10.9 Å². The van der Waals surface area contributed by atoms with Crippen LogP contribution in [-0.2, 0) is 11.3 Å². The molecule has 0 saturated heterocycles. The van der Waals surface area contributed by atoms with Crippen LogP contribution in [0, 0.1) is 0 Å². The van der Waals surface area contributed by atoms with Gasteiger partial charge < -0.3 is 5.32 Å². The molecule has 2 aromatic carbocycles. The minimum absolute atomic E-state index is 0.0944. The standard InChI is InChI=1S/C19H18ClN3O2S/c1-3-23-18(25)15-9-4-5-10-16(15)22-19(23)26-12(2)17(24)21-14-8-6-7-13(20)11-14/h4-12H,3H2,1-2H3,(H,21,24)/t12-/m1/s1. The van der Waals surface area contributed by atoms with Gasteiger partial charge in [-0.25, -0.2) is 4.98 Å². The average Bonchev–Trinajstić information content (AvgIpc) is 2.62. The van der Waals surface area contributed by atoms with Gasteiger partial charge in [-0.3, -0.25) is 14.2 Å². The number of anilines is 1. The number of benzene rings is 2. The first-order chi connectivity index (χ1) is 12.5. The van der Waals surface area contributed by atoms with Crippen molar-refractivity contribution in [2.24, 2.45) is 0 Å². The Morgan fingerprint density at radius 1 is 1.27 bits per heavy atom. The van der Waals surface area contributed by atoms with Crippen LogP contribution in [0.3, 0.4) is 0 Å². The lowest BCUT2D eigenvalue weighted by atomic mass is 10.2. The fraction of sp³-hybridized carbons (Fsp3) is 0.211. The van der Waals surface area contributed by atoms with Crippen LogP contribution >= 0.6 is 23.4 Å². The van der Waals surface area contributed by atoms with E-state index in [4.69, 9.17) is 11.6 Å². The quantitative estimate of drug-likeness (QED) is 0.526. The summed E-state index contributed by atoms with van der Waals surface area (Å²) in [6, 6.07) is 14.2. The molecule has 1 aromatic heterocycles. The Balaban J connectivity index is 1.85. The smallest absolute Gasteiger partial charge is 0.262 e. The van der Waals surface area contributed by atoms with Gasteiger partial charge in [0.05, 0.1) is 16.2 Å². The van der Waals surface area contributed by atoms with Crippen molar-refractivity contribution in [1.29, 1.82) is 0 Å². The van der Waals surface area contributed by atoms with Crippen molar-refractivity contribution in [3.05, 3.63) is 63.9 Å². The first-order valence-corrected chi connectivity index (χ1v) is 9.48. The van der Waals surface area contributed by atoms with Gasteiger partial charge in [-0.05, 0) is 44.2 Å². The summed E-state index contributed by atoms with van der Waals surface area (Å²) < 4.78 is 1.59. The Hall–Kier alpha value is -2.31. The Morgan fingerprint density at radius 2 is 2.04 bits per heavy atom. The molecule has 3 aromatic rings. The third-order valence-electron chi connectivity index (χ3n) is 3.89. The first-order valence-electron chi connectivity index (χ1n) is 8.22. The number of amides is 1. The zero-order chi connectivity index (χ0) is 18.7. The van der Waals surface area contributed by atoms with Crippen molar-refractivity contribution in [3.8, 4) is 0 Å². The summed E-state index contributed by atoms with van der Waals surface area (Å²) in [4.78, 5) is 29.7. The maximum absolute atomic E-state index is 12.7. The number of carbonyl (C=O) groups excluding carboxylic acids is 1. The van der Waals surface area contributed by atoms with Gasteiger partial charge in [0.25, 0.3) is 5.56 Å². The van der Waals surface area contributed by atoms with Crippen molar-refractivity contribution in [2.45, 2.75) is 30.8 Å². The number of carbonyl (C=O) groups is 1. The third kappa shape index (κ3) is 3.92. The summed E-state index contributed by atoms with van der Waals surface area (Å²) in [6.07, 6.45) is 0. The van der Waals surface area contributed by atoms with E-state index in [1.807, 2.05) is 19.1 Å². The van der Waals surface area contributed by atoms with E-state index < -0.39 is 5.25 Å². The molecule has 134 valence electrons. The number of nitrogens with zero attached hydrogens (tertiary/aromatic N) is 2. The van der Waals surface area contributed by atoms with Crippen LogP contribution in [0.15, 0.2) is 58.5 Å². The predicted octanol–water partition coefficient (Wildman–Crippen LogP) is 4.19. The van der Waals surface area contributed by atoms with E-state index in [0.717, 1.165) is 0 Å². The molecule has 0 radical (unpaired) electrons. The summed E-state index contributed by atoms with van der Waals surface area (Å²) >= 11 is 7.21. The third-order valence-corrected chi connectivity index (χ3v) is 5.21. The summed E-state index contributed by atoms with van der Waals surface area (Å²) in [5.74, 6) is -0.178. The molecule has 1 heterocycles. The molecule has 0 unspecified atom stereocenters. The van der Waals surface area contributed by atoms with E-state index in [-0.39, 0.29) is 11.5 Å². The van der Waals surface area contributed by atoms with Crippen LogP contribution in [0.5, 0.6) is 0 Å². The molecule has 26 heavy (non-hydrogen) atoms. The summed E-state index contributed by atoms with van der Waals surface area (Å²) in [6.45, 7) is 4.16. The van der Waals surface area contributed by atoms with Gasteiger partial charge in [-0.2, -0.15) is 0 Å². The normalized spacial score (nSPS) is 12.1. The number of hydrogen-bond donors (Lipinski definition) is 1. The fourth-order valence-electron chi connectivity index (χ4n) is 2.54. The fourth-order valence-corrected chi connectivity index (χ4v) is 3.70. The van der Waals surface area contributed by atoms with Crippen LogP contribution < -0.4 is 10.9 Å². The van der Waals surface area contributed by atoms with E-state index in [1.165, 1.54) is 11.8 Å². The zero-order valence-corrected chi connectivity index (χ0v) is 16.0. The summed E-state index contributed by atoms with van der Waals surface area (Å²) in [7, 11) is 0.